The maximum absolute atomic E-state index is 7.28. The Balaban J connectivity index is 0.00000694. The van der Waals surface area contributed by atoms with Gasteiger partial charge in [-0.3, -0.25) is 0 Å². The summed E-state index contributed by atoms with van der Waals surface area (Å²) in [6.45, 7) is 30.0. The molecule has 10 aromatic carbocycles. The van der Waals surface area contributed by atoms with Crippen LogP contribution in [0.3, 0.4) is 0 Å². The maximum atomic E-state index is 7.28. The zero-order valence-corrected chi connectivity index (χ0v) is 55.1. The number of nitrogens with zero attached hydrogens (tertiary/aromatic N) is 4. The Hall–Kier alpha value is -8.76. The third-order valence-electron chi connectivity index (χ3n) is 18.7. The van der Waals surface area contributed by atoms with Crippen LogP contribution in [0.1, 0.15) is 128 Å². The first-order valence-electron chi connectivity index (χ1n) is 31.1. The Labute approximate surface area is 540 Å². The summed E-state index contributed by atoms with van der Waals surface area (Å²) >= 11 is 0. The van der Waals surface area contributed by atoms with Gasteiger partial charge in [0.05, 0.1) is 0 Å². The number of hydrogen-bond donors (Lipinski definition) is 0. The molecular formula is C83H73N4OPt-3. The number of ether oxygens (including phenoxy) is 1. The zero-order chi connectivity index (χ0) is 60.8. The van der Waals surface area contributed by atoms with Crippen molar-refractivity contribution in [1.82, 2.24) is 9.55 Å². The normalized spacial score (nSPS) is 14.0. The van der Waals surface area contributed by atoms with E-state index in [1.807, 2.05) is 12.3 Å². The van der Waals surface area contributed by atoms with Crippen LogP contribution < -0.4 is 14.5 Å². The van der Waals surface area contributed by atoms with Gasteiger partial charge in [0.1, 0.15) is 5.82 Å². The van der Waals surface area contributed by atoms with E-state index >= 15 is 0 Å². The minimum Gasteiger partial charge on any atom is -0.509 e. The monoisotopic (exact) mass is 1340 g/mol. The second kappa shape index (κ2) is 20.9. The molecule has 0 N–H and O–H groups in total. The molecule has 0 saturated carbocycles. The molecule has 0 radical (unpaired) electrons. The number of aromatic nitrogens is 2. The number of fused-ring (bicyclic) bond motifs is 8. The summed E-state index contributed by atoms with van der Waals surface area (Å²) < 4.78 is 9.58. The summed E-state index contributed by atoms with van der Waals surface area (Å²) in [4.78, 5) is 9.81. The van der Waals surface area contributed by atoms with Crippen molar-refractivity contribution in [3.05, 3.63) is 282 Å². The molecule has 89 heavy (non-hydrogen) atoms. The second-order valence-electron chi connectivity index (χ2n) is 28.6. The number of rotatable bonds is 8. The minimum atomic E-state index is -0.582. The van der Waals surface area contributed by atoms with Crippen molar-refractivity contribution >= 4 is 44.6 Å². The van der Waals surface area contributed by atoms with Gasteiger partial charge < -0.3 is 19.1 Å². The van der Waals surface area contributed by atoms with Gasteiger partial charge in [-0.15, -0.1) is 48.3 Å². The summed E-state index contributed by atoms with van der Waals surface area (Å²) in [5.74, 6) is 2.05. The van der Waals surface area contributed by atoms with Crippen molar-refractivity contribution in [2.24, 2.45) is 0 Å². The fraction of sp³-hybridized carbons (Fsp3) is 0.205. The fourth-order valence-electron chi connectivity index (χ4n) is 14.1. The van der Waals surface area contributed by atoms with Crippen LogP contribution in [0.5, 0.6) is 11.5 Å². The molecule has 444 valence electrons. The number of para-hydroxylation sites is 2. The number of anilines is 4. The van der Waals surface area contributed by atoms with E-state index in [9.17, 15) is 0 Å². The van der Waals surface area contributed by atoms with Crippen LogP contribution in [0.2, 0.25) is 0 Å². The van der Waals surface area contributed by atoms with Gasteiger partial charge in [0.15, 0.2) is 0 Å². The van der Waals surface area contributed by atoms with Crippen molar-refractivity contribution in [1.29, 1.82) is 0 Å². The van der Waals surface area contributed by atoms with Gasteiger partial charge in [0.2, 0.25) is 0 Å². The molecule has 0 unspecified atom stereocenters. The van der Waals surface area contributed by atoms with Crippen LogP contribution in [0, 0.1) is 18.8 Å². The first-order valence-corrected chi connectivity index (χ1v) is 31.1. The molecule has 3 aliphatic rings. The molecule has 0 saturated heterocycles. The largest absolute Gasteiger partial charge is 0.509 e. The molecule has 0 bridgehead atoms. The molecule has 0 amide bonds. The van der Waals surface area contributed by atoms with Crippen LogP contribution in [0.4, 0.5) is 22.7 Å². The predicted octanol–water partition coefficient (Wildman–Crippen LogP) is 21.8. The molecule has 5 nitrogen and oxygen atoms in total. The van der Waals surface area contributed by atoms with Crippen molar-refractivity contribution in [2.45, 2.75) is 110 Å². The van der Waals surface area contributed by atoms with Gasteiger partial charge in [0, 0.05) is 77.9 Å². The van der Waals surface area contributed by atoms with E-state index in [-0.39, 0.29) is 42.7 Å². The molecule has 12 aromatic rings. The molecule has 1 aliphatic heterocycles. The third-order valence-corrected chi connectivity index (χ3v) is 18.7. The molecule has 3 heterocycles. The minimum absolute atomic E-state index is 0. The average Bonchev–Trinajstić information content (AvgIpc) is 1.49. The van der Waals surface area contributed by atoms with Crippen molar-refractivity contribution in [3.8, 4) is 61.8 Å². The average molecular weight is 1340 g/mol. The summed E-state index contributed by atoms with van der Waals surface area (Å²) in [5.41, 5.74) is 24.8. The molecule has 1 spiro atoms. The van der Waals surface area contributed by atoms with E-state index in [0.717, 1.165) is 50.7 Å². The molecule has 2 aromatic heterocycles. The topological polar surface area (TPSA) is 33.5 Å². The molecule has 2 aliphatic carbocycles. The van der Waals surface area contributed by atoms with Gasteiger partial charge in [-0.25, -0.2) is 4.98 Å². The standard InChI is InChI=1S/C83H73N4O.Pt/c1-79(2,3)56-40-41-84-75(47-56)87-73-35-23-32-69-76(73)77-70(83(69)67-30-18-16-28-63(67)64-29-17-19-31-68(64)83)49-62(50-74(77)87)88-61-27-22-26-60(48-61)85-51-86(72-34-21-20-33-71(72)85)78-65(54-38-36-53(37-39-54)52-24-14-13-15-25-52)45-59(82(10,11)12)46-66(78)55-42-57(80(4,5)6)44-58(43-55)81(7,8)9;/h13-47,49,51H,1-12H3;/q-3;. The SMILES string of the molecule is CC(C)(C)c1cc(-c2cc(C(C)(C)C)cc(-c3ccc(-c4ccccc4)cc3)c2N2[CH-]N(c3[c-]c(Oc4[c-]c5c6c(c4)C4(c7ccccc7-c7ccccc74)c4cccc(c46)n5-c4cc(C(C)(C)C)ccn4)ccc3)c3ccccc32)cc(C(C)(C)C)c1.[Pt]. The second-order valence-corrected chi connectivity index (χ2v) is 28.6. The summed E-state index contributed by atoms with van der Waals surface area (Å²) in [6, 6.07) is 86.2. The third kappa shape index (κ3) is 9.40. The summed E-state index contributed by atoms with van der Waals surface area (Å²) in [5, 5.41) is 2.40. The zero-order valence-electron chi connectivity index (χ0n) is 52.9. The van der Waals surface area contributed by atoms with Crippen LogP contribution in [-0.2, 0) is 48.1 Å². The summed E-state index contributed by atoms with van der Waals surface area (Å²) in [6.07, 6.45) is 1.95. The van der Waals surface area contributed by atoms with Gasteiger partial charge in [-0.1, -0.05) is 240 Å². The molecule has 6 heteroatoms. The first-order chi connectivity index (χ1) is 42.1. The number of benzene rings is 10. The van der Waals surface area contributed by atoms with Crippen LogP contribution in [0.15, 0.2) is 219 Å². The van der Waals surface area contributed by atoms with Gasteiger partial charge in [-0.05, 0) is 142 Å². The first kappa shape index (κ1) is 58.0. The van der Waals surface area contributed by atoms with Crippen molar-refractivity contribution in [2.75, 3.05) is 9.80 Å². The van der Waals surface area contributed by atoms with E-state index in [1.54, 1.807) is 0 Å². The Kier molecular flexibility index (Phi) is 13.6. The molecular weight excluding hydrogens is 1260 g/mol. The van der Waals surface area contributed by atoms with E-state index in [4.69, 9.17) is 9.72 Å². The van der Waals surface area contributed by atoms with Crippen LogP contribution in [0.25, 0.3) is 72.1 Å². The Morgan fingerprint density at radius 2 is 0.944 bits per heavy atom. The number of pyridine rings is 1. The van der Waals surface area contributed by atoms with E-state index in [0.29, 0.717) is 11.5 Å². The maximum Gasteiger partial charge on any atom is 0.135 e. The fourth-order valence-corrected chi connectivity index (χ4v) is 14.1. The van der Waals surface area contributed by atoms with Gasteiger partial charge >= 0.3 is 0 Å². The van der Waals surface area contributed by atoms with Crippen molar-refractivity contribution < 1.29 is 25.8 Å². The number of hydrogen-bond acceptors (Lipinski definition) is 4. The smallest absolute Gasteiger partial charge is 0.135 e. The Bertz CT molecular complexity index is 4710. The molecule has 0 fully saturated rings. The Morgan fingerprint density at radius 1 is 0.404 bits per heavy atom. The quantitative estimate of drug-likeness (QED) is 0.142. The van der Waals surface area contributed by atoms with Gasteiger partial charge in [-0.2, -0.15) is 6.07 Å². The van der Waals surface area contributed by atoms with Crippen LogP contribution >= 0.6 is 0 Å². The molecule has 0 atom stereocenters. The van der Waals surface area contributed by atoms with E-state index in [2.05, 4.69) is 323 Å². The summed E-state index contributed by atoms with van der Waals surface area (Å²) in [7, 11) is 0. The Morgan fingerprint density at radius 3 is 1.58 bits per heavy atom. The van der Waals surface area contributed by atoms with E-state index < -0.39 is 5.41 Å². The van der Waals surface area contributed by atoms with Gasteiger partial charge in [0.25, 0.3) is 0 Å². The van der Waals surface area contributed by atoms with E-state index in [1.165, 1.54) is 88.7 Å². The van der Waals surface area contributed by atoms with Crippen LogP contribution in [-0.4, -0.2) is 9.55 Å². The predicted molar refractivity (Wildman–Crippen MR) is 366 cm³/mol. The van der Waals surface area contributed by atoms with Crippen molar-refractivity contribution in [3.63, 3.8) is 0 Å². The molecule has 15 rings (SSSR count).